The Hall–Kier alpha value is -2.74. The fraction of sp³-hybridized carbons (Fsp3) is 0.450. The summed E-state index contributed by atoms with van der Waals surface area (Å²) in [6, 6.07) is 3.67. The number of carbonyl (C=O) groups is 1. The van der Waals surface area contributed by atoms with Crippen LogP contribution in [0.5, 0.6) is 0 Å². The lowest BCUT2D eigenvalue weighted by atomic mass is 9.73. The third-order valence-electron chi connectivity index (χ3n) is 5.46. The van der Waals surface area contributed by atoms with Crippen LogP contribution in [0.3, 0.4) is 0 Å². The van der Waals surface area contributed by atoms with Crippen molar-refractivity contribution in [3.63, 3.8) is 0 Å². The van der Waals surface area contributed by atoms with Crippen molar-refractivity contribution < 1.29 is 14.1 Å². The van der Waals surface area contributed by atoms with Crippen LogP contribution in [-0.2, 0) is 20.5 Å². The molecule has 0 saturated heterocycles. The second-order valence-corrected chi connectivity index (χ2v) is 8.26. The first-order chi connectivity index (χ1) is 13.6. The number of nitrogens with zero attached hydrogens (tertiary/aromatic N) is 5. The molecule has 8 nitrogen and oxygen atoms in total. The zero-order valence-electron chi connectivity index (χ0n) is 17.3. The van der Waals surface area contributed by atoms with Crippen LogP contribution < -0.4 is 0 Å². The van der Waals surface area contributed by atoms with Gasteiger partial charge in [0.25, 0.3) is 5.89 Å². The van der Waals surface area contributed by atoms with E-state index in [-0.39, 0.29) is 5.92 Å². The minimum atomic E-state index is -0.961. The Morgan fingerprint density at radius 2 is 1.97 bits per heavy atom. The quantitative estimate of drug-likeness (QED) is 0.444. The van der Waals surface area contributed by atoms with Gasteiger partial charge in [0.2, 0.25) is 0 Å². The van der Waals surface area contributed by atoms with Crippen LogP contribution in [0.4, 0.5) is 0 Å². The van der Waals surface area contributed by atoms with Crippen LogP contribution in [0, 0.1) is 5.92 Å². The van der Waals surface area contributed by atoms with Crippen LogP contribution in [-0.4, -0.2) is 38.0 Å². The van der Waals surface area contributed by atoms with E-state index < -0.39 is 16.9 Å². The molecular formula is C20H24ClN5O3. The first-order valence-electron chi connectivity index (χ1n) is 9.20. The zero-order chi connectivity index (χ0) is 21.4. The monoisotopic (exact) mass is 417 g/mol. The molecule has 0 amide bonds. The second kappa shape index (κ2) is 7.59. The number of pyridine rings is 1. The van der Waals surface area contributed by atoms with Crippen molar-refractivity contribution in [3.8, 4) is 11.5 Å². The molecule has 29 heavy (non-hydrogen) atoms. The number of esters is 1. The molecule has 0 fully saturated rings. The van der Waals surface area contributed by atoms with E-state index in [0.717, 1.165) is 5.56 Å². The largest absolute Gasteiger partial charge is 0.467 e. The van der Waals surface area contributed by atoms with Gasteiger partial charge in [-0.3, -0.25) is 4.68 Å². The predicted octanol–water partition coefficient (Wildman–Crippen LogP) is 3.85. The van der Waals surface area contributed by atoms with Crippen molar-refractivity contribution in [2.75, 3.05) is 7.11 Å². The van der Waals surface area contributed by atoms with Gasteiger partial charge in [-0.1, -0.05) is 36.7 Å². The average Bonchev–Trinajstić information content (AvgIpc) is 3.36. The molecule has 154 valence electrons. The lowest BCUT2D eigenvalue weighted by Gasteiger charge is -2.30. The van der Waals surface area contributed by atoms with E-state index in [9.17, 15) is 4.79 Å². The van der Waals surface area contributed by atoms with Crippen molar-refractivity contribution in [1.29, 1.82) is 0 Å². The van der Waals surface area contributed by atoms with Gasteiger partial charge in [-0.2, -0.15) is 10.1 Å². The highest BCUT2D eigenvalue weighted by Gasteiger charge is 2.38. The molecule has 3 aromatic rings. The molecule has 9 heteroatoms. The van der Waals surface area contributed by atoms with Crippen molar-refractivity contribution in [3.05, 3.63) is 47.3 Å². The van der Waals surface area contributed by atoms with Crippen molar-refractivity contribution in [2.24, 2.45) is 5.92 Å². The minimum absolute atomic E-state index is 0.164. The van der Waals surface area contributed by atoms with Gasteiger partial charge in [-0.15, -0.1) is 0 Å². The van der Waals surface area contributed by atoms with E-state index in [2.05, 4.69) is 34.1 Å². The maximum Gasteiger partial charge on any atom is 0.333 e. The highest BCUT2D eigenvalue weighted by Crippen LogP contribution is 2.38. The number of rotatable bonds is 6. The summed E-state index contributed by atoms with van der Waals surface area (Å²) in [7, 11) is 1.34. The molecule has 3 aromatic heterocycles. The van der Waals surface area contributed by atoms with Crippen LogP contribution in [0.1, 0.15) is 46.0 Å². The molecule has 0 aliphatic carbocycles. The molecule has 3 heterocycles. The number of carbonyl (C=O) groups excluding carboxylic acids is 1. The molecule has 0 aliphatic rings. The normalized spacial score (nSPS) is 14.1. The van der Waals surface area contributed by atoms with Gasteiger partial charge in [0, 0.05) is 12.4 Å². The van der Waals surface area contributed by atoms with Gasteiger partial charge < -0.3 is 9.26 Å². The lowest BCUT2D eigenvalue weighted by Crippen LogP contribution is -2.37. The molecule has 0 saturated carbocycles. The minimum Gasteiger partial charge on any atom is -0.467 e. The molecule has 0 bridgehead atoms. The average molecular weight is 418 g/mol. The molecule has 3 rings (SSSR count). The molecule has 1 atom stereocenters. The number of aromatic nitrogens is 5. The Morgan fingerprint density at radius 3 is 2.55 bits per heavy atom. The Labute approximate surface area is 174 Å². The lowest BCUT2D eigenvalue weighted by molar-refractivity contribution is -0.150. The van der Waals surface area contributed by atoms with Crippen LogP contribution in [0.2, 0.25) is 5.15 Å². The number of halogens is 1. The smallest absolute Gasteiger partial charge is 0.333 e. The topological polar surface area (TPSA) is 95.9 Å². The third-order valence-corrected chi connectivity index (χ3v) is 5.68. The maximum atomic E-state index is 12.0. The van der Waals surface area contributed by atoms with Gasteiger partial charge in [0.05, 0.1) is 24.3 Å². The Kier molecular flexibility index (Phi) is 5.49. The highest BCUT2D eigenvalue weighted by atomic mass is 35.5. The highest BCUT2D eigenvalue weighted by molar-refractivity contribution is 6.29. The second-order valence-electron chi connectivity index (χ2n) is 7.87. The van der Waals surface area contributed by atoms with E-state index >= 15 is 0 Å². The van der Waals surface area contributed by atoms with Crippen LogP contribution in [0.25, 0.3) is 11.5 Å². The van der Waals surface area contributed by atoms with Crippen molar-refractivity contribution in [1.82, 2.24) is 24.9 Å². The van der Waals surface area contributed by atoms with E-state index in [4.69, 9.17) is 20.9 Å². The third kappa shape index (κ3) is 3.64. The molecule has 0 radical (unpaired) electrons. The number of ether oxygens (including phenoxy) is 1. The number of hydrogen-bond acceptors (Lipinski definition) is 7. The van der Waals surface area contributed by atoms with Crippen molar-refractivity contribution >= 4 is 17.6 Å². The first kappa shape index (κ1) is 21.0. The summed E-state index contributed by atoms with van der Waals surface area (Å²) >= 11 is 5.94. The van der Waals surface area contributed by atoms with Gasteiger partial charge in [0.1, 0.15) is 5.15 Å². The summed E-state index contributed by atoms with van der Waals surface area (Å²) in [6.07, 6.45) is 5.00. The molecule has 1 unspecified atom stereocenters. The van der Waals surface area contributed by atoms with E-state index in [1.54, 1.807) is 38.5 Å². The Balaban J connectivity index is 1.98. The fourth-order valence-corrected chi connectivity index (χ4v) is 3.15. The summed E-state index contributed by atoms with van der Waals surface area (Å²) < 4.78 is 11.9. The van der Waals surface area contributed by atoms with Gasteiger partial charge in [0.15, 0.2) is 11.4 Å². The summed E-state index contributed by atoms with van der Waals surface area (Å²) in [6.45, 7) is 9.65. The molecule has 0 aromatic carbocycles. The first-order valence-corrected chi connectivity index (χ1v) is 9.58. The number of hydrogen-bond donors (Lipinski definition) is 0. The Bertz CT molecular complexity index is 1010. The van der Waals surface area contributed by atoms with Gasteiger partial charge >= 0.3 is 5.97 Å². The fourth-order valence-electron chi connectivity index (χ4n) is 3.04. The molecule has 0 spiro atoms. The van der Waals surface area contributed by atoms with Crippen LogP contribution >= 0.6 is 11.6 Å². The summed E-state index contributed by atoms with van der Waals surface area (Å²) in [5.74, 6) is 0.616. The SMILES string of the molecule is COC(=O)C(C)(C)n1cc(-c2nc(C(C)(c3ccc(Cl)nc3)C(C)C)no2)cn1. The van der Waals surface area contributed by atoms with E-state index in [1.807, 2.05) is 13.0 Å². The van der Waals surface area contributed by atoms with Gasteiger partial charge in [-0.05, 0) is 38.3 Å². The maximum absolute atomic E-state index is 12.0. The molecular weight excluding hydrogens is 394 g/mol. The summed E-state index contributed by atoms with van der Waals surface area (Å²) in [4.78, 5) is 20.8. The standard InChI is InChI=1S/C20H24ClN5O3/c1-12(2)20(5,14-7-8-15(21)22-10-14)17-24-16(29-25-17)13-9-23-26(11-13)19(3,4)18(27)28-6/h7-12H,1-6H3. The van der Waals surface area contributed by atoms with E-state index in [0.29, 0.717) is 22.4 Å². The molecule has 0 aliphatic heterocycles. The van der Waals surface area contributed by atoms with Crippen LogP contribution in [0.15, 0.2) is 35.2 Å². The zero-order valence-corrected chi connectivity index (χ0v) is 18.1. The summed E-state index contributed by atoms with van der Waals surface area (Å²) in [5, 5.41) is 8.93. The van der Waals surface area contributed by atoms with E-state index in [1.165, 1.54) is 11.8 Å². The van der Waals surface area contributed by atoms with Gasteiger partial charge in [-0.25, -0.2) is 9.78 Å². The molecule has 0 N–H and O–H groups in total. The summed E-state index contributed by atoms with van der Waals surface area (Å²) in [5.41, 5.74) is 0.0607. The predicted molar refractivity (Wildman–Crippen MR) is 107 cm³/mol. The Morgan fingerprint density at radius 1 is 1.24 bits per heavy atom. The number of methoxy groups -OCH3 is 1. The van der Waals surface area contributed by atoms with Crippen molar-refractivity contribution in [2.45, 2.75) is 45.6 Å².